The number of amides is 1. The number of hydrogen-bond donors (Lipinski definition) is 2. The third-order valence-electron chi connectivity index (χ3n) is 5.30. The Hall–Kier alpha value is -4.19. The predicted molar refractivity (Wildman–Crippen MR) is 107 cm³/mol. The summed E-state index contributed by atoms with van der Waals surface area (Å²) in [5.74, 6) is -2.82. The van der Waals surface area contributed by atoms with E-state index in [2.05, 4.69) is 10.3 Å². The van der Waals surface area contributed by atoms with Gasteiger partial charge in [-0.3, -0.25) is 15.1 Å². The fraction of sp³-hybridized carbons (Fsp3) is 0.130. The molecular formula is C23H16F3N4O2+. The van der Waals surface area contributed by atoms with E-state index in [0.29, 0.717) is 0 Å². The maximum absolute atomic E-state index is 13.7. The molecule has 6 nitrogen and oxygen atoms in total. The average Bonchev–Trinajstić information content (AvgIpc) is 2.79. The Morgan fingerprint density at radius 3 is 2.28 bits per heavy atom. The van der Waals surface area contributed by atoms with Crippen molar-refractivity contribution in [2.45, 2.75) is 18.1 Å². The molecule has 1 aliphatic rings. The topological polar surface area (TPSA) is 89.9 Å². The number of halogens is 3. The van der Waals surface area contributed by atoms with Crippen molar-refractivity contribution in [2.24, 2.45) is 0 Å². The molecule has 0 aliphatic carbocycles. The summed E-state index contributed by atoms with van der Waals surface area (Å²) in [6.07, 6.45) is 1.66. The smallest absolute Gasteiger partial charge is 0.416 e. The van der Waals surface area contributed by atoms with Crippen LogP contribution in [0.25, 0.3) is 11.1 Å². The minimum Gasteiger partial charge on any atom is -0.494 e. The second-order valence-corrected chi connectivity index (χ2v) is 7.14. The van der Waals surface area contributed by atoms with Gasteiger partial charge in [0.15, 0.2) is 12.4 Å². The minimum absolute atomic E-state index is 0.270. The largest absolute Gasteiger partial charge is 0.494 e. The maximum atomic E-state index is 13.7. The monoisotopic (exact) mass is 437 g/mol. The quantitative estimate of drug-likeness (QED) is 0.610. The molecule has 9 heteroatoms. The number of pyridine rings is 2. The van der Waals surface area contributed by atoms with E-state index in [9.17, 15) is 28.3 Å². The van der Waals surface area contributed by atoms with Crippen LogP contribution in [-0.4, -0.2) is 16.0 Å². The van der Waals surface area contributed by atoms with E-state index >= 15 is 0 Å². The molecule has 0 bridgehead atoms. The van der Waals surface area contributed by atoms with Gasteiger partial charge >= 0.3 is 6.18 Å². The van der Waals surface area contributed by atoms with Crippen molar-refractivity contribution in [1.82, 2.24) is 10.3 Å². The van der Waals surface area contributed by atoms with Gasteiger partial charge in [-0.2, -0.15) is 23.0 Å². The number of aliphatic hydroxyl groups excluding tert-OH is 1. The van der Waals surface area contributed by atoms with Gasteiger partial charge in [-0.25, -0.2) is 0 Å². The van der Waals surface area contributed by atoms with Crippen LogP contribution in [0.5, 0.6) is 0 Å². The summed E-state index contributed by atoms with van der Waals surface area (Å²) in [5.41, 5.74) is 0.0883. The third-order valence-corrected chi connectivity index (χ3v) is 5.30. The van der Waals surface area contributed by atoms with Gasteiger partial charge in [0.05, 0.1) is 11.5 Å². The number of benzene rings is 1. The van der Waals surface area contributed by atoms with Gasteiger partial charge in [-0.15, -0.1) is 0 Å². The minimum atomic E-state index is -4.71. The molecule has 0 saturated carbocycles. The molecule has 32 heavy (non-hydrogen) atoms. The number of aromatic nitrogens is 2. The van der Waals surface area contributed by atoms with Gasteiger partial charge in [0.1, 0.15) is 11.6 Å². The number of nitrogens with one attached hydrogen (secondary N) is 1. The van der Waals surface area contributed by atoms with E-state index in [4.69, 9.17) is 0 Å². The molecule has 0 spiro atoms. The fourth-order valence-electron chi connectivity index (χ4n) is 3.86. The van der Waals surface area contributed by atoms with Crippen molar-refractivity contribution in [3.05, 3.63) is 95.9 Å². The summed E-state index contributed by atoms with van der Waals surface area (Å²) in [6.45, 7) is 0. The Morgan fingerprint density at radius 2 is 1.66 bits per heavy atom. The SMILES string of the molecule is N#CC1=C(O)NC(=O)[C@H]([n+]2ccc(-c3ccncc3)cc2)[C@@H]1c1ccccc1C(F)(F)F. The van der Waals surface area contributed by atoms with E-state index < -0.39 is 35.5 Å². The lowest BCUT2D eigenvalue weighted by atomic mass is 9.80. The summed E-state index contributed by atoms with van der Waals surface area (Å²) < 4.78 is 42.6. The van der Waals surface area contributed by atoms with Crippen LogP contribution in [0.3, 0.4) is 0 Å². The maximum Gasteiger partial charge on any atom is 0.416 e. The van der Waals surface area contributed by atoms with Gasteiger partial charge in [-0.05, 0) is 34.9 Å². The molecule has 0 radical (unpaired) electrons. The first-order chi connectivity index (χ1) is 15.3. The number of nitrogens with zero attached hydrogens (tertiary/aromatic N) is 3. The van der Waals surface area contributed by atoms with Gasteiger partial charge in [0, 0.05) is 24.5 Å². The lowest BCUT2D eigenvalue weighted by Crippen LogP contribution is -2.54. The van der Waals surface area contributed by atoms with Crippen molar-refractivity contribution in [3.63, 3.8) is 0 Å². The van der Waals surface area contributed by atoms with Crippen LogP contribution < -0.4 is 9.88 Å². The number of carbonyl (C=O) groups is 1. The average molecular weight is 437 g/mol. The molecule has 0 saturated heterocycles. The first-order valence-corrected chi connectivity index (χ1v) is 9.52. The lowest BCUT2D eigenvalue weighted by molar-refractivity contribution is -0.711. The molecule has 1 aromatic carbocycles. The highest BCUT2D eigenvalue weighted by molar-refractivity contribution is 5.84. The van der Waals surface area contributed by atoms with E-state index in [1.807, 2.05) is 0 Å². The molecule has 1 amide bonds. The Bertz CT molecular complexity index is 1230. The Morgan fingerprint density at radius 1 is 1.03 bits per heavy atom. The Balaban J connectivity index is 1.86. The van der Waals surface area contributed by atoms with Gasteiger partial charge in [0.25, 0.3) is 5.91 Å². The van der Waals surface area contributed by atoms with Crippen LogP contribution in [0, 0.1) is 11.3 Å². The van der Waals surface area contributed by atoms with E-state index in [0.717, 1.165) is 17.2 Å². The molecule has 4 rings (SSSR count). The number of carbonyl (C=O) groups excluding carboxylic acids is 1. The molecule has 2 atom stereocenters. The molecule has 3 heterocycles. The second-order valence-electron chi connectivity index (χ2n) is 7.14. The Labute approximate surface area is 180 Å². The van der Waals surface area contributed by atoms with Crippen LogP contribution >= 0.6 is 0 Å². The van der Waals surface area contributed by atoms with Crippen molar-refractivity contribution in [3.8, 4) is 17.2 Å². The number of allylic oxidation sites excluding steroid dienone is 1. The molecule has 2 aromatic heterocycles. The number of hydrogen-bond acceptors (Lipinski definition) is 4. The van der Waals surface area contributed by atoms with Crippen molar-refractivity contribution < 1.29 is 27.6 Å². The summed E-state index contributed by atoms with van der Waals surface area (Å²) in [7, 11) is 0. The molecule has 0 fully saturated rings. The number of nitriles is 1. The lowest BCUT2D eigenvalue weighted by Gasteiger charge is -2.28. The summed E-state index contributed by atoms with van der Waals surface area (Å²) in [6, 6.07) is 12.3. The summed E-state index contributed by atoms with van der Waals surface area (Å²) in [4.78, 5) is 16.8. The van der Waals surface area contributed by atoms with Crippen LogP contribution in [0.15, 0.2) is 84.8 Å². The first kappa shape index (κ1) is 21.1. The molecule has 2 N–H and O–H groups in total. The van der Waals surface area contributed by atoms with Gasteiger partial charge in [-0.1, -0.05) is 18.2 Å². The summed E-state index contributed by atoms with van der Waals surface area (Å²) >= 11 is 0. The number of aliphatic hydroxyl groups is 1. The van der Waals surface area contributed by atoms with E-state index in [-0.39, 0.29) is 11.1 Å². The zero-order chi connectivity index (χ0) is 22.9. The third kappa shape index (κ3) is 3.78. The zero-order valence-electron chi connectivity index (χ0n) is 16.4. The zero-order valence-corrected chi connectivity index (χ0v) is 16.4. The molecule has 3 aromatic rings. The number of rotatable bonds is 3. The van der Waals surface area contributed by atoms with Crippen LogP contribution in [0.4, 0.5) is 13.2 Å². The molecule has 160 valence electrons. The molecule has 0 unspecified atom stereocenters. The molecular weight excluding hydrogens is 421 g/mol. The van der Waals surface area contributed by atoms with Gasteiger partial charge < -0.3 is 5.11 Å². The summed E-state index contributed by atoms with van der Waals surface area (Å²) in [5, 5.41) is 22.0. The highest BCUT2D eigenvalue weighted by Gasteiger charge is 2.48. The number of alkyl halides is 3. The highest BCUT2D eigenvalue weighted by Crippen LogP contribution is 2.42. The van der Waals surface area contributed by atoms with Crippen molar-refractivity contribution in [1.29, 1.82) is 5.26 Å². The van der Waals surface area contributed by atoms with Crippen LogP contribution in [0.1, 0.15) is 23.1 Å². The van der Waals surface area contributed by atoms with Crippen LogP contribution in [-0.2, 0) is 11.0 Å². The Kier molecular flexibility index (Phi) is 5.36. The highest BCUT2D eigenvalue weighted by atomic mass is 19.4. The van der Waals surface area contributed by atoms with E-state index in [1.165, 1.54) is 22.8 Å². The van der Waals surface area contributed by atoms with E-state index in [1.54, 1.807) is 55.1 Å². The van der Waals surface area contributed by atoms with Crippen molar-refractivity contribution in [2.75, 3.05) is 0 Å². The van der Waals surface area contributed by atoms with Gasteiger partial charge in [0.2, 0.25) is 11.9 Å². The normalized spacial score (nSPS) is 18.8. The first-order valence-electron chi connectivity index (χ1n) is 9.52. The second kappa shape index (κ2) is 8.15. The fourth-order valence-corrected chi connectivity index (χ4v) is 3.86. The van der Waals surface area contributed by atoms with Crippen LogP contribution in [0.2, 0.25) is 0 Å². The predicted octanol–water partition coefficient (Wildman–Crippen LogP) is 3.80. The molecule has 1 aliphatic heterocycles. The standard InChI is InChI=1S/C23H15F3N4O2/c24-23(25,26)18-4-2-1-3-16(18)19-17(13-27)21(31)29-22(32)20(19)30-11-7-15(8-12-30)14-5-9-28-10-6-14/h1-12,19-20H,(H-,29,31,32)/p+1/t19-,20-/m1/s1. The van der Waals surface area contributed by atoms with Crippen molar-refractivity contribution >= 4 is 5.91 Å².